The molecule has 3 rings (SSSR count). The van der Waals surface area contributed by atoms with Gasteiger partial charge in [-0.05, 0) is 17.7 Å². The van der Waals surface area contributed by atoms with Gasteiger partial charge in [-0.2, -0.15) is 5.10 Å². The highest BCUT2D eigenvalue weighted by Gasteiger charge is 2.03. The molecule has 3 aromatic rings. The molecule has 0 bridgehead atoms. The zero-order chi connectivity index (χ0) is 12.4. The molecular weight excluding hydrogens is 248 g/mol. The summed E-state index contributed by atoms with van der Waals surface area (Å²) < 4.78 is 1.69. The van der Waals surface area contributed by atoms with Gasteiger partial charge in [0.25, 0.3) is 0 Å². The van der Waals surface area contributed by atoms with Gasteiger partial charge in [-0.15, -0.1) is 0 Å². The van der Waals surface area contributed by atoms with Gasteiger partial charge < -0.3 is 0 Å². The van der Waals surface area contributed by atoms with Crippen molar-refractivity contribution < 1.29 is 0 Å². The van der Waals surface area contributed by atoms with E-state index in [0.29, 0.717) is 5.82 Å². The molecule has 88 valence electrons. The van der Waals surface area contributed by atoms with Crippen molar-refractivity contribution >= 4 is 11.6 Å². The lowest BCUT2D eigenvalue weighted by molar-refractivity contribution is 0.838. The van der Waals surface area contributed by atoms with Crippen LogP contribution in [-0.4, -0.2) is 19.7 Å². The Hall–Kier alpha value is -2.20. The number of benzene rings is 1. The molecule has 0 aliphatic rings. The molecule has 0 saturated heterocycles. The highest BCUT2D eigenvalue weighted by atomic mass is 35.5. The smallest absolute Gasteiger partial charge is 0.171 e. The Morgan fingerprint density at radius 3 is 2.50 bits per heavy atom. The largest absolute Gasteiger partial charge is 0.259 e. The molecule has 2 aromatic heterocycles. The van der Waals surface area contributed by atoms with Gasteiger partial charge in [-0.1, -0.05) is 23.7 Å². The molecular formula is C13H9ClN4. The zero-order valence-corrected chi connectivity index (χ0v) is 10.1. The highest BCUT2D eigenvalue weighted by Crippen LogP contribution is 2.21. The number of aromatic nitrogens is 4. The minimum absolute atomic E-state index is 0.692. The van der Waals surface area contributed by atoms with Crippen LogP contribution >= 0.6 is 11.6 Å². The summed E-state index contributed by atoms with van der Waals surface area (Å²) in [6.07, 6.45) is 8.63. The van der Waals surface area contributed by atoms with Crippen LogP contribution in [0.2, 0.25) is 5.02 Å². The van der Waals surface area contributed by atoms with Crippen LogP contribution in [0.5, 0.6) is 0 Å². The zero-order valence-electron chi connectivity index (χ0n) is 9.36. The van der Waals surface area contributed by atoms with Crippen molar-refractivity contribution in [1.29, 1.82) is 0 Å². The van der Waals surface area contributed by atoms with Gasteiger partial charge in [0.1, 0.15) is 0 Å². The number of hydrogen-bond donors (Lipinski definition) is 0. The lowest BCUT2D eigenvalue weighted by Gasteiger charge is -1.98. The fraction of sp³-hybridized carbons (Fsp3) is 0. The Morgan fingerprint density at radius 1 is 0.944 bits per heavy atom. The van der Waals surface area contributed by atoms with E-state index in [9.17, 15) is 0 Å². The van der Waals surface area contributed by atoms with Crippen molar-refractivity contribution in [2.24, 2.45) is 0 Å². The molecule has 0 atom stereocenters. The summed E-state index contributed by atoms with van der Waals surface area (Å²) in [5.74, 6) is 0.692. The van der Waals surface area contributed by atoms with Crippen LogP contribution in [0, 0.1) is 0 Å². The fourth-order valence-electron chi connectivity index (χ4n) is 1.65. The molecule has 0 aliphatic carbocycles. The second-order valence-electron chi connectivity index (χ2n) is 3.74. The van der Waals surface area contributed by atoms with Crippen molar-refractivity contribution in [3.8, 4) is 16.9 Å². The van der Waals surface area contributed by atoms with Crippen molar-refractivity contribution in [2.45, 2.75) is 0 Å². The molecule has 5 heteroatoms. The van der Waals surface area contributed by atoms with E-state index in [2.05, 4.69) is 15.1 Å². The molecule has 4 nitrogen and oxygen atoms in total. The molecule has 0 aliphatic heterocycles. The lowest BCUT2D eigenvalue weighted by Crippen LogP contribution is -1.97. The van der Waals surface area contributed by atoms with E-state index in [0.717, 1.165) is 16.1 Å². The van der Waals surface area contributed by atoms with Crippen molar-refractivity contribution in [3.05, 3.63) is 60.3 Å². The molecule has 18 heavy (non-hydrogen) atoms. The van der Waals surface area contributed by atoms with Crippen LogP contribution in [0.15, 0.2) is 55.2 Å². The first-order valence-corrected chi connectivity index (χ1v) is 5.78. The Bertz CT molecular complexity index is 646. The molecule has 1 aromatic carbocycles. The molecule has 0 radical (unpaired) electrons. The van der Waals surface area contributed by atoms with E-state index in [-0.39, 0.29) is 0 Å². The second-order valence-corrected chi connectivity index (χ2v) is 4.18. The van der Waals surface area contributed by atoms with Gasteiger partial charge in [0, 0.05) is 29.2 Å². The first-order chi connectivity index (χ1) is 8.83. The van der Waals surface area contributed by atoms with E-state index < -0.39 is 0 Å². The monoisotopic (exact) mass is 256 g/mol. The van der Waals surface area contributed by atoms with Crippen molar-refractivity contribution in [2.75, 3.05) is 0 Å². The maximum atomic E-state index is 5.86. The van der Waals surface area contributed by atoms with Crippen LogP contribution in [0.25, 0.3) is 16.9 Å². The predicted molar refractivity (Wildman–Crippen MR) is 69.6 cm³/mol. The van der Waals surface area contributed by atoms with E-state index in [1.54, 1.807) is 29.5 Å². The SMILES string of the molecule is Clc1ccc(-c2cnn(-c3cnccn3)c2)cc1. The minimum Gasteiger partial charge on any atom is -0.259 e. The maximum Gasteiger partial charge on any atom is 0.171 e. The predicted octanol–water partition coefficient (Wildman–Crippen LogP) is 2.98. The standard InChI is InChI=1S/C13H9ClN4/c14-12-3-1-10(2-4-12)11-7-17-18(9-11)13-8-15-5-6-16-13/h1-9H. The van der Waals surface area contributed by atoms with Crippen LogP contribution in [0.1, 0.15) is 0 Å². The quantitative estimate of drug-likeness (QED) is 0.708. The molecule has 0 fully saturated rings. The summed E-state index contributed by atoms with van der Waals surface area (Å²) in [6.45, 7) is 0. The van der Waals surface area contributed by atoms with Crippen molar-refractivity contribution in [3.63, 3.8) is 0 Å². The molecule has 0 spiro atoms. The average Bonchev–Trinajstić information content (AvgIpc) is 2.90. The van der Waals surface area contributed by atoms with Gasteiger partial charge in [0.2, 0.25) is 0 Å². The fourth-order valence-corrected chi connectivity index (χ4v) is 1.78. The summed E-state index contributed by atoms with van der Waals surface area (Å²) in [5.41, 5.74) is 2.08. The Morgan fingerprint density at radius 2 is 1.78 bits per heavy atom. The Kier molecular flexibility index (Phi) is 2.78. The minimum atomic E-state index is 0.692. The summed E-state index contributed by atoms with van der Waals surface area (Å²) >= 11 is 5.86. The van der Waals surface area contributed by atoms with E-state index in [1.807, 2.05) is 30.5 Å². The lowest BCUT2D eigenvalue weighted by atomic mass is 10.1. The summed E-state index contributed by atoms with van der Waals surface area (Å²) in [4.78, 5) is 8.20. The van der Waals surface area contributed by atoms with Gasteiger partial charge in [0.15, 0.2) is 5.82 Å². The van der Waals surface area contributed by atoms with Gasteiger partial charge in [-0.3, -0.25) is 4.98 Å². The topological polar surface area (TPSA) is 43.6 Å². The summed E-state index contributed by atoms with van der Waals surface area (Å²) in [6, 6.07) is 7.63. The summed E-state index contributed by atoms with van der Waals surface area (Å²) in [5, 5.41) is 4.99. The van der Waals surface area contributed by atoms with Gasteiger partial charge in [0.05, 0.1) is 12.4 Å². The van der Waals surface area contributed by atoms with Crippen LogP contribution in [-0.2, 0) is 0 Å². The van der Waals surface area contributed by atoms with Gasteiger partial charge in [-0.25, -0.2) is 9.67 Å². The highest BCUT2D eigenvalue weighted by molar-refractivity contribution is 6.30. The third kappa shape index (κ3) is 2.10. The third-order valence-electron chi connectivity index (χ3n) is 2.54. The molecule has 0 saturated carbocycles. The van der Waals surface area contributed by atoms with E-state index in [1.165, 1.54) is 0 Å². The average molecular weight is 257 g/mol. The molecule has 0 N–H and O–H groups in total. The third-order valence-corrected chi connectivity index (χ3v) is 2.80. The normalized spacial score (nSPS) is 10.5. The first-order valence-electron chi connectivity index (χ1n) is 5.40. The summed E-state index contributed by atoms with van der Waals surface area (Å²) in [7, 11) is 0. The van der Waals surface area contributed by atoms with Crippen molar-refractivity contribution in [1.82, 2.24) is 19.7 Å². The van der Waals surface area contributed by atoms with Crippen LogP contribution < -0.4 is 0 Å². The first kappa shape index (κ1) is 10.9. The van der Waals surface area contributed by atoms with E-state index >= 15 is 0 Å². The number of rotatable bonds is 2. The molecule has 2 heterocycles. The van der Waals surface area contributed by atoms with Gasteiger partial charge >= 0.3 is 0 Å². The Balaban J connectivity index is 1.97. The maximum absolute atomic E-state index is 5.86. The molecule has 0 unspecified atom stereocenters. The Labute approximate surface area is 109 Å². The molecule has 0 amide bonds. The second kappa shape index (κ2) is 4.58. The number of hydrogen-bond acceptors (Lipinski definition) is 3. The number of halogens is 1. The number of nitrogens with zero attached hydrogens (tertiary/aromatic N) is 4. The van der Waals surface area contributed by atoms with Crippen LogP contribution in [0.3, 0.4) is 0 Å². The van der Waals surface area contributed by atoms with E-state index in [4.69, 9.17) is 11.6 Å². The van der Waals surface area contributed by atoms with Crippen LogP contribution in [0.4, 0.5) is 0 Å².